The van der Waals surface area contributed by atoms with Crippen LogP contribution in [-0.2, 0) is 32.7 Å². The molecule has 0 saturated heterocycles. The van der Waals surface area contributed by atoms with Crippen LogP contribution in [-0.4, -0.2) is 20.4 Å². The van der Waals surface area contributed by atoms with Crippen molar-refractivity contribution in [1.29, 1.82) is 0 Å². The number of phenols is 2. The second-order valence-corrected chi connectivity index (χ2v) is 5.43. The van der Waals surface area contributed by atoms with Gasteiger partial charge in [-0.2, -0.15) is 0 Å². The van der Waals surface area contributed by atoms with Crippen LogP contribution in [0.25, 0.3) is 0 Å². The molecule has 0 amide bonds. The number of rotatable bonds is 6. The summed E-state index contributed by atoms with van der Waals surface area (Å²) in [4.78, 5) is 0. The van der Waals surface area contributed by atoms with Crippen LogP contribution in [0.4, 0.5) is 0 Å². The first kappa shape index (κ1) is 17.2. The van der Waals surface area contributed by atoms with Gasteiger partial charge in [0, 0.05) is 35.3 Å². The van der Waals surface area contributed by atoms with Crippen LogP contribution in [0.1, 0.15) is 33.4 Å². The van der Waals surface area contributed by atoms with Crippen molar-refractivity contribution < 1.29 is 20.4 Å². The van der Waals surface area contributed by atoms with Crippen LogP contribution in [0.15, 0.2) is 24.3 Å². The van der Waals surface area contributed by atoms with E-state index in [1.165, 1.54) is 0 Å². The van der Waals surface area contributed by atoms with Crippen molar-refractivity contribution in [2.75, 3.05) is 0 Å². The third-order valence-corrected chi connectivity index (χ3v) is 3.84. The Morgan fingerprint density at radius 1 is 0.652 bits per heavy atom. The van der Waals surface area contributed by atoms with E-state index in [1.807, 2.05) is 0 Å². The molecule has 0 aliphatic rings. The summed E-state index contributed by atoms with van der Waals surface area (Å²) in [6, 6.07) is 6.98. The quantitative estimate of drug-likeness (QED) is 0.462. The number of nitrogens with two attached hydrogens (primary N) is 2. The molecule has 0 aromatic heterocycles. The Bertz CT molecular complexity index is 591. The molecule has 2 aromatic rings. The first-order valence-electron chi connectivity index (χ1n) is 7.33. The summed E-state index contributed by atoms with van der Waals surface area (Å²) < 4.78 is 0. The van der Waals surface area contributed by atoms with E-state index in [-0.39, 0.29) is 37.8 Å². The number of aliphatic hydroxyl groups excluding tert-OH is 2. The molecular formula is C17H22N2O4. The Morgan fingerprint density at radius 3 is 1.30 bits per heavy atom. The largest absolute Gasteiger partial charge is 0.507 e. The minimum Gasteiger partial charge on any atom is -0.507 e. The summed E-state index contributed by atoms with van der Waals surface area (Å²) in [5.41, 5.74) is 14.9. The van der Waals surface area contributed by atoms with Crippen molar-refractivity contribution in [3.63, 3.8) is 0 Å². The Kier molecular flexibility index (Phi) is 5.57. The van der Waals surface area contributed by atoms with Crippen LogP contribution in [0.3, 0.4) is 0 Å². The lowest BCUT2D eigenvalue weighted by atomic mass is 9.96. The molecule has 0 unspecified atom stereocenters. The van der Waals surface area contributed by atoms with Crippen molar-refractivity contribution >= 4 is 0 Å². The second-order valence-electron chi connectivity index (χ2n) is 5.43. The fourth-order valence-corrected chi connectivity index (χ4v) is 2.66. The van der Waals surface area contributed by atoms with Crippen LogP contribution in [0.5, 0.6) is 11.5 Å². The number of benzene rings is 2. The molecule has 0 radical (unpaired) electrons. The highest BCUT2D eigenvalue weighted by Crippen LogP contribution is 2.28. The molecule has 0 aliphatic heterocycles. The maximum Gasteiger partial charge on any atom is 0.125 e. The number of hydrogen-bond acceptors (Lipinski definition) is 6. The molecule has 0 atom stereocenters. The van der Waals surface area contributed by atoms with Gasteiger partial charge in [0.25, 0.3) is 0 Å². The van der Waals surface area contributed by atoms with Gasteiger partial charge in [-0.25, -0.2) is 0 Å². The molecule has 124 valence electrons. The zero-order valence-electron chi connectivity index (χ0n) is 12.8. The zero-order chi connectivity index (χ0) is 17.0. The third-order valence-electron chi connectivity index (χ3n) is 3.84. The monoisotopic (exact) mass is 318 g/mol. The van der Waals surface area contributed by atoms with E-state index in [2.05, 4.69) is 0 Å². The first-order valence-corrected chi connectivity index (χ1v) is 7.33. The van der Waals surface area contributed by atoms with Crippen LogP contribution < -0.4 is 11.5 Å². The van der Waals surface area contributed by atoms with Crippen LogP contribution in [0.2, 0.25) is 0 Å². The van der Waals surface area contributed by atoms with Gasteiger partial charge in [-0.15, -0.1) is 0 Å². The molecule has 0 bridgehead atoms. The summed E-state index contributed by atoms with van der Waals surface area (Å²) in [5, 5.41) is 38.6. The van der Waals surface area contributed by atoms with E-state index >= 15 is 0 Å². The van der Waals surface area contributed by atoms with Crippen molar-refractivity contribution in [2.45, 2.75) is 32.7 Å². The molecular weight excluding hydrogens is 296 g/mol. The van der Waals surface area contributed by atoms with Gasteiger partial charge in [-0.05, 0) is 29.7 Å². The fraction of sp³-hybridized carbons (Fsp3) is 0.294. The highest BCUT2D eigenvalue weighted by Gasteiger charge is 2.12. The van der Waals surface area contributed by atoms with Gasteiger partial charge in [-0.3, -0.25) is 0 Å². The van der Waals surface area contributed by atoms with Gasteiger partial charge in [0.05, 0.1) is 13.2 Å². The molecule has 2 aromatic carbocycles. The summed E-state index contributed by atoms with van der Waals surface area (Å²) in [6.07, 6.45) is 0.501. The highest BCUT2D eigenvalue weighted by molar-refractivity contribution is 5.47. The molecule has 0 aliphatic carbocycles. The normalized spacial score (nSPS) is 11.0. The van der Waals surface area contributed by atoms with Crippen LogP contribution >= 0.6 is 0 Å². The van der Waals surface area contributed by atoms with Crippen molar-refractivity contribution in [2.24, 2.45) is 11.5 Å². The van der Waals surface area contributed by atoms with Crippen molar-refractivity contribution in [3.05, 3.63) is 57.6 Å². The lowest BCUT2D eigenvalue weighted by Gasteiger charge is -2.13. The Morgan fingerprint density at radius 2 is 1.00 bits per heavy atom. The summed E-state index contributed by atoms with van der Waals surface area (Å²) >= 11 is 0. The predicted octanol–water partition coefficient (Wildman–Crippen LogP) is 0.591. The standard InChI is InChI=1S/C17H22N2O4/c18-6-12-2-10(4-14(8-20)16(12)22)1-11-3-13(7-19)17(23)15(5-11)9-21/h2-5,20-23H,1,6-9,18-19H2. The topological polar surface area (TPSA) is 133 Å². The average Bonchev–Trinajstić information content (AvgIpc) is 2.57. The van der Waals surface area contributed by atoms with E-state index in [0.29, 0.717) is 28.7 Å². The lowest BCUT2D eigenvalue weighted by Crippen LogP contribution is -2.04. The minimum absolute atomic E-state index is 0.0168. The van der Waals surface area contributed by atoms with Gasteiger partial charge < -0.3 is 31.9 Å². The lowest BCUT2D eigenvalue weighted by molar-refractivity contribution is 0.275. The molecule has 0 heterocycles. The van der Waals surface area contributed by atoms with Crippen molar-refractivity contribution in [1.82, 2.24) is 0 Å². The minimum atomic E-state index is -0.280. The maximum atomic E-state index is 9.96. The third kappa shape index (κ3) is 3.62. The van der Waals surface area contributed by atoms with E-state index in [4.69, 9.17) is 11.5 Å². The average molecular weight is 318 g/mol. The highest BCUT2D eigenvalue weighted by atomic mass is 16.3. The van der Waals surface area contributed by atoms with Gasteiger partial charge in [0.15, 0.2) is 0 Å². The first-order chi connectivity index (χ1) is 11.0. The van der Waals surface area contributed by atoms with Gasteiger partial charge in [0.2, 0.25) is 0 Å². The number of aliphatic hydroxyl groups is 2. The fourth-order valence-electron chi connectivity index (χ4n) is 2.66. The van der Waals surface area contributed by atoms with E-state index in [9.17, 15) is 20.4 Å². The van der Waals surface area contributed by atoms with Crippen molar-refractivity contribution in [3.8, 4) is 11.5 Å². The Balaban J connectivity index is 2.43. The molecule has 6 nitrogen and oxygen atoms in total. The molecule has 0 fully saturated rings. The molecule has 2 rings (SSSR count). The molecule has 6 heteroatoms. The summed E-state index contributed by atoms with van der Waals surface area (Å²) in [7, 11) is 0. The SMILES string of the molecule is NCc1cc(Cc2cc(CN)c(O)c(CO)c2)cc(CO)c1O. The van der Waals surface area contributed by atoms with Crippen LogP contribution in [0, 0.1) is 0 Å². The molecule has 8 N–H and O–H groups in total. The van der Waals surface area contributed by atoms with E-state index in [0.717, 1.165) is 11.1 Å². The summed E-state index contributed by atoms with van der Waals surface area (Å²) in [5.74, 6) is 0.0336. The van der Waals surface area contributed by atoms with Gasteiger partial charge in [0.1, 0.15) is 11.5 Å². The molecule has 0 spiro atoms. The summed E-state index contributed by atoms with van der Waals surface area (Å²) in [6.45, 7) is -0.229. The smallest absolute Gasteiger partial charge is 0.125 e. The number of hydrogen-bond donors (Lipinski definition) is 6. The maximum absolute atomic E-state index is 9.96. The second kappa shape index (κ2) is 7.43. The van der Waals surface area contributed by atoms with E-state index < -0.39 is 0 Å². The predicted molar refractivity (Wildman–Crippen MR) is 86.6 cm³/mol. The number of aromatic hydroxyl groups is 2. The van der Waals surface area contributed by atoms with Gasteiger partial charge in [-0.1, -0.05) is 12.1 Å². The zero-order valence-corrected chi connectivity index (χ0v) is 12.8. The molecule has 0 saturated carbocycles. The Hall–Kier alpha value is -2.12. The molecule has 23 heavy (non-hydrogen) atoms. The Labute approximate surface area is 134 Å². The van der Waals surface area contributed by atoms with Gasteiger partial charge >= 0.3 is 0 Å². The van der Waals surface area contributed by atoms with E-state index in [1.54, 1.807) is 24.3 Å².